The van der Waals surface area contributed by atoms with E-state index >= 15 is 0 Å². The number of nitrogens with two attached hydrogens (primary N) is 1. The SMILES string of the molecule is NC(c1cccc(Cl)c1)c1cc(Cl)sc1Cl. The summed E-state index contributed by atoms with van der Waals surface area (Å²) in [7, 11) is 0. The fourth-order valence-corrected chi connectivity index (χ4v) is 3.19. The second-order valence-corrected chi connectivity index (χ2v) is 6.03. The van der Waals surface area contributed by atoms with Gasteiger partial charge in [0.25, 0.3) is 0 Å². The van der Waals surface area contributed by atoms with Crippen LogP contribution in [0.1, 0.15) is 17.2 Å². The van der Waals surface area contributed by atoms with Crippen LogP contribution in [0.25, 0.3) is 0 Å². The van der Waals surface area contributed by atoms with Gasteiger partial charge in [-0.25, -0.2) is 0 Å². The van der Waals surface area contributed by atoms with Gasteiger partial charge in [0.2, 0.25) is 0 Å². The normalized spacial score (nSPS) is 12.8. The lowest BCUT2D eigenvalue weighted by atomic mass is 10.0. The van der Waals surface area contributed by atoms with E-state index in [9.17, 15) is 0 Å². The molecule has 0 radical (unpaired) electrons. The molecule has 5 heteroatoms. The largest absolute Gasteiger partial charge is 0.320 e. The van der Waals surface area contributed by atoms with Gasteiger partial charge < -0.3 is 5.73 Å². The Bertz CT molecular complexity index is 510. The van der Waals surface area contributed by atoms with Crippen molar-refractivity contribution in [2.75, 3.05) is 0 Å². The maximum absolute atomic E-state index is 6.10. The minimum Gasteiger partial charge on any atom is -0.320 e. The zero-order valence-electron chi connectivity index (χ0n) is 8.08. The van der Waals surface area contributed by atoms with Gasteiger partial charge in [0.15, 0.2) is 0 Å². The maximum Gasteiger partial charge on any atom is 0.0995 e. The topological polar surface area (TPSA) is 26.0 Å². The van der Waals surface area contributed by atoms with Crippen LogP contribution < -0.4 is 5.73 Å². The predicted molar refractivity (Wildman–Crippen MR) is 71.8 cm³/mol. The summed E-state index contributed by atoms with van der Waals surface area (Å²) in [5.74, 6) is 0. The lowest BCUT2D eigenvalue weighted by Gasteiger charge is -2.11. The molecule has 0 fully saturated rings. The van der Waals surface area contributed by atoms with E-state index in [1.54, 1.807) is 12.1 Å². The van der Waals surface area contributed by atoms with Crippen molar-refractivity contribution in [3.8, 4) is 0 Å². The van der Waals surface area contributed by atoms with E-state index < -0.39 is 0 Å². The molecule has 0 spiro atoms. The van der Waals surface area contributed by atoms with Gasteiger partial charge >= 0.3 is 0 Å². The number of thiophene rings is 1. The Labute approximate surface area is 113 Å². The van der Waals surface area contributed by atoms with Crippen LogP contribution in [-0.2, 0) is 0 Å². The van der Waals surface area contributed by atoms with E-state index in [-0.39, 0.29) is 6.04 Å². The third-order valence-electron chi connectivity index (χ3n) is 2.23. The molecule has 84 valence electrons. The van der Waals surface area contributed by atoms with E-state index in [0.717, 1.165) is 11.1 Å². The molecule has 1 aromatic carbocycles. The molecule has 0 aliphatic rings. The summed E-state index contributed by atoms with van der Waals surface area (Å²) in [6, 6.07) is 8.90. The molecule has 0 amide bonds. The third kappa shape index (κ3) is 2.53. The van der Waals surface area contributed by atoms with Crippen molar-refractivity contribution in [2.45, 2.75) is 6.04 Å². The molecule has 2 rings (SSSR count). The monoisotopic (exact) mass is 291 g/mol. The quantitative estimate of drug-likeness (QED) is 0.849. The molecule has 2 aromatic rings. The average molecular weight is 293 g/mol. The summed E-state index contributed by atoms with van der Waals surface area (Å²) in [5.41, 5.74) is 7.86. The molecule has 2 N–H and O–H groups in total. The van der Waals surface area contributed by atoms with Gasteiger partial charge in [0.1, 0.15) is 0 Å². The first-order valence-corrected chi connectivity index (χ1v) is 6.48. The maximum atomic E-state index is 6.10. The second-order valence-electron chi connectivity index (χ2n) is 3.31. The van der Waals surface area contributed by atoms with Crippen molar-refractivity contribution in [1.82, 2.24) is 0 Å². The summed E-state index contributed by atoms with van der Waals surface area (Å²) < 4.78 is 1.26. The van der Waals surface area contributed by atoms with Crippen LogP contribution in [0.3, 0.4) is 0 Å². The van der Waals surface area contributed by atoms with Crippen molar-refractivity contribution in [3.63, 3.8) is 0 Å². The first-order chi connectivity index (χ1) is 7.58. The molecule has 1 unspecified atom stereocenters. The summed E-state index contributed by atoms with van der Waals surface area (Å²) in [4.78, 5) is 0. The standard InChI is InChI=1S/C11H8Cl3NS/c12-7-3-1-2-6(4-7)10(15)8-5-9(13)16-11(8)14/h1-5,10H,15H2. The molecule has 0 saturated carbocycles. The van der Waals surface area contributed by atoms with Crippen molar-refractivity contribution in [3.05, 3.63) is 55.2 Å². The number of halogens is 3. The molecule has 1 aromatic heterocycles. The predicted octanol–water partition coefficient (Wildman–Crippen LogP) is 4.76. The van der Waals surface area contributed by atoms with Gasteiger partial charge in [0, 0.05) is 10.6 Å². The Kier molecular flexibility index (Phi) is 3.77. The number of benzene rings is 1. The number of hydrogen-bond acceptors (Lipinski definition) is 2. The lowest BCUT2D eigenvalue weighted by Crippen LogP contribution is -2.11. The van der Waals surface area contributed by atoms with E-state index in [4.69, 9.17) is 40.5 Å². The van der Waals surface area contributed by atoms with Crippen LogP contribution in [0, 0.1) is 0 Å². The molecular formula is C11H8Cl3NS. The van der Waals surface area contributed by atoms with E-state index in [1.165, 1.54) is 11.3 Å². The summed E-state index contributed by atoms with van der Waals surface area (Å²) in [6.07, 6.45) is 0. The lowest BCUT2D eigenvalue weighted by molar-refractivity contribution is 0.877. The van der Waals surface area contributed by atoms with Gasteiger partial charge in [-0.05, 0) is 23.8 Å². The average Bonchev–Trinajstić information content (AvgIpc) is 2.57. The Balaban J connectivity index is 2.38. The van der Waals surface area contributed by atoms with Gasteiger partial charge in [-0.15, -0.1) is 11.3 Å². The van der Waals surface area contributed by atoms with E-state index in [2.05, 4.69) is 0 Å². The Morgan fingerprint density at radius 3 is 2.44 bits per heavy atom. The molecule has 1 heterocycles. The van der Waals surface area contributed by atoms with Gasteiger partial charge in [0.05, 0.1) is 14.7 Å². The van der Waals surface area contributed by atoms with Crippen LogP contribution in [-0.4, -0.2) is 0 Å². The molecule has 0 aliphatic carbocycles. The first-order valence-electron chi connectivity index (χ1n) is 4.53. The highest BCUT2D eigenvalue weighted by Crippen LogP contribution is 2.36. The molecule has 0 aliphatic heterocycles. The first kappa shape index (κ1) is 12.2. The minimum atomic E-state index is -0.296. The molecule has 16 heavy (non-hydrogen) atoms. The third-order valence-corrected chi connectivity index (χ3v) is 3.98. The van der Waals surface area contributed by atoms with Crippen molar-refractivity contribution < 1.29 is 0 Å². The number of hydrogen-bond donors (Lipinski definition) is 1. The highest BCUT2D eigenvalue weighted by atomic mass is 35.5. The van der Waals surface area contributed by atoms with Crippen LogP contribution in [0.4, 0.5) is 0 Å². The molecule has 0 saturated heterocycles. The summed E-state index contributed by atoms with van der Waals surface area (Å²) in [5, 5.41) is 0.658. The van der Waals surface area contributed by atoms with Crippen LogP contribution in [0.2, 0.25) is 13.7 Å². The molecule has 1 nitrogen and oxygen atoms in total. The summed E-state index contributed by atoms with van der Waals surface area (Å²) >= 11 is 19.2. The molecular weight excluding hydrogens is 285 g/mol. The van der Waals surface area contributed by atoms with Crippen LogP contribution in [0.15, 0.2) is 30.3 Å². The Morgan fingerprint density at radius 1 is 1.12 bits per heavy atom. The second kappa shape index (κ2) is 4.94. The van der Waals surface area contributed by atoms with Gasteiger partial charge in [-0.3, -0.25) is 0 Å². The Hall–Kier alpha value is -0.250. The summed E-state index contributed by atoms with van der Waals surface area (Å²) in [6.45, 7) is 0. The highest BCUT2D eigenvalue weighted by molar-refractivity contribution is 7.20. The Morgan fingerprint density at radius 2 is 1.88 bits per heavy atom. The van der Waals surface area contributed by atoms with E-state index in [1.807, 2.05) is 18.2 Å². The van der Waals surface area contributed by atoms with Crippen molar-refractivity contribution in [2.24, 2.45) is 5.73 Å². The zero-order chi connectivity index (χ0) is 11.7. The van der Waals surface area contributed by atoms with Gasteiger partial charge in [-0.2, -0.15) is 0 Å². The molecule has 1 atom stereocenters. The van der Waals surface area contributed by atoms with E-state index in [0.29, 0.717) is 13.7 Å². The van der Waals surface area contributed by atoms with Crippen molar-refractivity contribution in [1.29, 1.82) is 0 Å². The van der Waals surface area contributed by atoms with Crippen LogP contribution >= 0.6 is 46.1 Å². The van der Waals surface area contributed by atoms with Gasteiger partial charge in [-0.1, -0.05) is 46.9 Å². The molecule has 0 bridgehead atoms. The highest BCUT2D eigenvalue weighted by Gasteiger charge is 2.15. The van der Waals surface area contributed by atoms with Crippen molar-refractivity contribution >= 4 is 46.1 Å². The fraction of sp³-hybridized carbons (Fsp3) is 0.0909. The fourth-order valence-electron chi connectivity index (χ4n) is 1.44. The minimum absolute atomic E-state index is 0.296. The smallest absolute Gasteiger partial charge is 0.0995 e. The van der Waals surface area contributed by atoms with Crippen LogP contribution in [0.5, 0.6) is 0 Å². The number of rotatable bonds is 2. The zero-order valence-corrected chi connectivity index (χ0v) is 11.2.